The molecule has 0 fully saturated rings. The summed E-state index contributed by atoms with van der Waals surface area (Å²) in [6.07, 6.45) is 1.60. The Bertz CT molecular complexity index is 116. The molecule has 1 aromatic rings. The third kappa shape index (κ3) is 3.40. The minimum atomic E-state index is 0. The van der Waals surface area contributed by atoms with Crippen LogP contribution in [0.1, 0.15) is 5.76 Å². The molecule has 3 heteroatoms. The third-order valence-corrected chi connectivity index (χ3v) is 0.580. The SMILES string of the molecule is [Br-].[CH2-]c1ccco1.[Mg+2]. The Morgan fingerprint density at radius 2 is 2.12 bits per heavy atom. The van der Waals surface area contributed by atoms with Gasteiger partial charge in [-0.25, -0.2) is 6.92 Å². The third-order valence-electron chi connectivity index (χ3n) is 0.580. The van der Waals surface area contributed by atoms with Gasteiger partial charge in [0.25, 0.3) is 0 Å². The van der Waals surface area contributed by atoms with Gasteiger partial charge in [0.15, 0.2) is 0 Å². The zero-order valence-corrected chi connectivity index (χ0v) is 7.43. The molecule has 1 rings (SSSR count). The van der Waals surface area contributed by atoms with Gasteiger partial charge >= 0.3 is 23.1 Å². The van der Waals surface area contributed by atoms with Crippen molar-refractivity contribution in [1.82, 2.24) is 0 Å². The molecule has 0 radical (unpaired) electrons. The Hall–Kier alpha value is 0.396. The molecule has 40 valence electrons. The Kier molecular flexibility index (Phi) is 7.76. The predicted octanol–water partition coefficient (Wildman–Crippen LogP) is -1.92. The van der Waals surface area contributed by atoms with Crippen LogP contribution in [0.25, 0.3) is 0 Å². The second-order valence-corrected chi connectivity index (χ2v) is 1.08. The van der Waals surface area contributed by atoms with Gasteiger partial charge in [-0.15, -0.1) is 6.07 Å². The molecule has 0 saturated heterocycles. The molecule has 0 unspecified atom stereocenters. The summed E-state index contributed by atoms with van der Waals surface area (Å²) in [5, 5.41) is 0. The van der Waals surface area contributed by atoms with Gasteiger partial charge in [-0.2, -0.15) is 6.07 Å². The van der Waals surface area contributed by atoms with Crippen LogP contribution in [0, 0.1) is 6.92 Å². The summed E-state index contributed by atoms with van der Waals surface area (Å²) < 4.78 is 4.72. The molecule has 1 heterocycles. The van der Waals surface area contributed by atoms with E-state index in [1.54, 1.807) is 12.3 Å². The number of hydrogen-bond acceptors (Lipinski definition) is 1. The van der Waals surface area contributed by atoms with Gasteiger partial charge in [-0.1, -0.05) is 0 Å². The summed E-state index contributed by atoms with van der Waals surface area (Å²) in [6.45, 7) is 3.51. The number of rotatable bonds is 0. The van der Waals surface area contributed by atoms with Crippen molar-refractivity contribution >= 4 is 23.1 Å². The molecule has 0 atom stereocenters. The fraction of sp³-hybridized carbons (Fsp3) is 0. The maximum atomic E-state index is 4.72. The Morgan fingerprint density at radius 3 is 2.25 bits per heavy atom. The van der Waals surface area contributed by atoms with E-state index in [0.717, 1.165) is 5.76 Å². The maximum Gasteiger partial charge on any atom is 2.00 e. The summed E-state index contributed by atoms with van der Waals surface area (Å²) in [4.78, 5) is 0. The molecule has 0 N–H and O–H groups in total. The molecule has 8 heavy (non-hydrogen) atoms. The van der Waals surface area contributed by atoms with Crippen molar-refractivity contribution in [3.8, 4) is 0 Å². The monoisotopic (exact) mass is 184 g/mol. The van der Waals surface area contributed by atoms with E-state index in [4.69, 9.17) is 4.42 Å². The van der Waals surface area contributed by atoms with Crippen LogP contribution >= 0.6 is 0 Å². The second-order valence-electron chi connectivity index (χ2n) is 1.08. The van der Waals surface area contributed by atoms with Gasteiger partial charge in [0.05, 0.1) is 6.26 Å². The van der Waals surface area contributed by atoms with Crippen molar-refractivity contribution in [2.75, 3.05) is 0 Å². The predicted molar refractivity (Wildman–Crippen MR) is 28.9 cm³/mol. The minimum Gasteiger partial charge on any atom is -1.00 e. The van der Waals surface area contributed by atoms with E-state index in [-0.39, 0.29) is 40.0 Å². The summed E-state index contributed by atoms with van der Waals surface area (Å²) in [5.74, 6) is 0.718. The van der Waals surface area contributed by atoms with Crippen LogP contribution in [-0.4, -0.2) is 23.1 Å². The van der Waals surface area contributed by atoms with E-state index in [0.29, 0.717) is 0 Å². The van der Waals surface area contributed by atoms with Gasteiger partial charge in [-0.3, -0.25) is 0 Å². The zero-order chi connectivity index (χ0) is 4.41. The topological polar surface area (TPSA) is 13.1 Å². The fourth-order valence-electron chi connectivity index (χ4n) is 0.313. The molecular formula is C5H5BrMgO. The quantitative estimate of drug-likeness (QED) is 0.339. The van der Waals surface area contributed by atoms with E-state index < -0.39 is 0 Å². The summed E-state index contributed by atoms with van der Waals surface area (Å²) in [6, 6.07) is 3.61. The Morgan fingerprint density at radius 1 is 1.50 bits per heavy atom. The van der Waals surface area contributed by atoms with Crippen LogP contribution < -0.4 is 17.0 Å². The summed E-state index contributed by atoms with van der Waals surface area (Å²) in [7, 11) is 0. The normalized spacial score (nSPS) is 6.50. The first-order chi connectivity index (χ1) is 2.89. The Labute approximate surface area is 75.4 Å². The van der Waals surface area contributed by atoms with E-state index in [1.165, 1.54) is 0 Å². The standard InChI is InChI=1S/C5H5O.BrH.Mg/c1-5-3-2-4-6-5;;/h2-4H,1H2;1H;/q-1;;+2/p-1. The maximum absolute atomic E-state index is 4.72. The van der Waals surface area contributed by atoms with Crippen LogP contribution in [0.4, 0.5) is 0 Å². The average Bonchev–Trinajstić information content (AvgIpc) is 1.86. The van der Waals surface area contributed by atoms with Crippen molar-refractivity contribution in [2.45, 2.75) is 0 Å². The van der Waals surface area contributed by atoms with Gasteiger partial charge in [0, 0.05) is 0 Å². The minimum absolute atomic E-state index is 0. The first-order valence-corrected chi connectivity index (χ1v) is 1.75. The van der Waals surface area contributed by atoms with Crippen LogP contribution in [0.15, 0.2) is 22.8 Å². The molecule has 0 aliphatic heterocycles. The van der Waals surface area contributed by atoms with E-state index in [1.807, 2.05) is 6.07 Å². The molecule has 0 saturated carbocycles. The molecular weight excluding hydrogens is 180 g/mol. The van der Waals surface area contributed by atoms with Gasteiger partial charge < -0.3 is 21.4 Å². The number of hydrogen-bond donors (Lipinski definition) is 0. The van der Waals surface area contributed by atoms with Crippen LogP contribution in [0.2, 0.25) is 0 Å². The average molecular weight is 185 g/mol. The Balaban J connectivity index is 0. The first-order valence-electron chi connectivity index (χ1n) is 1.75. The molecule has 0 aliphatic carbocycles. The molecule has 0 spiro atoms. The van der Waals surface area contributed by atoms with E-state index >= 15 is 0 Å². The van der Waals surface area contributed by atoms with Crippen LogP contribution in [-0.2, 0) is 0 Å². The number of halogens is 1. The molecule has 1 aromatic heterocycles. The number of furan rings is 1. The zero-order valence-electron chi connectivity index (χ0n) is 4.43. The first kappa shape index (κ1) is 11.2. The molecule has 0 aliphatic rings. The van der Waals surface area contributed by atoms with E-state index in [2.05, 4.69) is 6.92 Å². The van der Waals surface area contributed by atoms with Crippen molar-refractivity contribution in [1.29, 1.82) is 0 Å². The largest absolute Gasteiger partial charge is 2.00 e. The van der Waals surface area contributed by atoms with Crippen molar-refractivity contribution in [3.05, 3.63) is 31.1 Å². The van der Waals surface area contributed by atoms with Gasteiger partial charge in [0.2, 0.25) is 0 Å². The smallest absolute Gasteiger partial charge is 1.00 e. The van der Waals surface area contributed by atoms with Crippen molar-refractivity contribution in [3.63, 3.8) is 0 Å². The summed E-state index contributed by atoms with van der Waals surface area (Å²) >= 11 is 0. The summed E-state index contributed by atoms with van der Waals surface area (Å²) in [5.41, 5.74) is 0. The molecule has 0 aromatic carbocycles. The van der Waals surface area contributed by atoms with Crippen molar-refractivity contribution < 1.29 is 21.4 Å². The van der Waals surface area contributed by atoms with Crippen molar-refractivity contribution in [2.24, 2.45) is 0 Å². The van der Waals surface area contributed by atoms with Crippen LogP contribution in [0.5, 0.6) is 0 Å². The molecule has 1 nitrogen and oxygen atoms in total. The van der Waals surface area contributed by atoms with Crippen LogP contribution in [0.3, 0.4) is 0 Å². The van der Waals surface area contributed by atoms with Gasteiger partial charge in [-0.05, 0) is 5.76 Å². The van der Waals surface area contributed by atoms with E-state index in [9.17, 15) is 0 Å². The molecule has 0 bridgehead atoms. The van der Waals surface area contributed by atoms with Gasteiger partial charge in [0.1, 0.15) is 0 Å². The molecule has 0 amide bonds. The fourth-order valence-corrected chi connectivity index (χ4v) is 0.313. The second kappa shape index (κ2) is 5.53.